The van der Waals surface area contributed by atoms with E-state index in [-0.39, 0.29) is 31.2 Å². The number of hydrogen-bond donors (Lipinski definition) is 3. The Kier molecular flexibility index (Phi) is 12.4. The number of amides is 4. The molecule has 4 aliphatic rings. The maximum atomic E-state index is 14.8. The molecular weight excluding hydrogens is 812 g/mol. The number of halogens is 3. The first-order valence-corrected chi connectivity index (χ1v) is 21.7. The van der Waals surface area contributed by atoms with Gasteiger partial charge in [-0.15, -0.1) is 0 Å². The van der Waals surface area contributed by atoms with Gasteiger partial charge in [0.15, 0.2) is 0 Å². The van der Waals surface area contributed by atoms with Crippen molar-refractivity contribution >= 4 is 44.6 Å². The van der Waals surface area contributed by atoms with Crippen molar-refractivity contribution in [3.8, 4) is 17.4 Å². The van der Waals surface area contributed by atoms with Gasteiger partial charge in [-0.2, -0.15) is 13.2 Å². The number of fused-ring (bicyclic) bond motifs is 3. The number of ether oxygens (including phenoxy) is 4. The number of pyridine rings is 1. The van der Waals surface area contributed by atoms with Gasteiger partial charge < -0.3 is 34.5 Å². The number of allylic oxidation sites excluding steroid dienone is 1. The Hall–Kier alpha value is -4.81. The van der Waals surface area contributed by atoms with Gasteiger partial charge in [0, 0.05) is 23.1 Å². The van der Waals surface area contributed by atoms with Gasteiger partial charge >= 0.3 is 12.3 Å². The van der Waals surface area contributed by atoms with E-state index in [4.69, 9.17) is 18.9 Å². The second-order valence-corrected chi connectivity index (χ2v) is 19.4. The minimum Gasteiger partial charge on any atom is -0.494 e. The van der Waals surface area contributed by atoms with Crippen molar-refractivity contribution in [2.24, 2.45) is 17.8 Å². The fourth-order valence-electron chi connectivity index (χ4n) is 7.88. The number of rotatable bonds is 10. The van der Waals surface area contributed by atoms with Crippen LogP contribution in [0.2, 0.25) is 0 Å². The molecular formula is C41H54F3N5O10S. The van der Waals surface area contributed by atoms with Crippen LogP contribution in [0.15, 0.2) is 36.5 Å². The van der Waals surface area contributed by atoms with Gasteiger partial charge in [0.25, 0.3) is 5.91 Å². The quantitative estimate of drug-likeness (QED) is 0.262. The van der Waals surface area contributed by atoms with Gasteiger partial charge in [0.2, 0.25) is 33.3 Å². The Morgan fingerprint density at radius 3 is 2.47 bits per heavy atom. The number of nitrogens with one attached hydrogen (secondary N) is 3. The van der Waals surface area contributed by atoms with Crippen LogP contribution in [0.25, 0.3) is 10.8 Å². The van der Waals surface area contributed by atoms with E-state index in [0.717, 1.165) is 0 Å². The first kappa shape index (κ1) is 44.7. The molecule has 2 aromatic rings. The summed E-state index contributed by atoms with van der Waals surface area (Å²) in [5, 5.41) is 6.32. The molecule has 0 unspecified atom stereocenters. The van der Waals surface area contributed by atoms with E-state index in [1.54, 1.807) is 31.2 Å². The molecule has 2 saturated carbocycles. The van der Waals surface area contributed by atoms with Crippen LogP contribution in [-0.4, -0.2) is 103 Å². The molecule has 60 heavy (non-hydrogen) atoms. The average molecular weight is 866 g/mol. The Morgan fingerprint density at radius 1 is 1.10 bits per heavy atom. The zero-order valence-corrected chi connectivity index (χ0v) is 35.6. The van der Waals surface area contributed by atoms with E-state index < -0.39 is 85.9 Å². The summed E-state index contributed by atoms with van der Waals surface area (Å²) >= 11 is 0. The van der Waals surface area contributed by atoms with Crippen LogP contribution in [0.1, 0.15) is 86.5 Å². The number of benzene rings is 1. The van der Waals surface area contributed by atoms with Crippen molar-refractivity contribution in [1.29, 1.82) is 0 Å². The van der Waals surface area contributed by atoms with Crippen LogP contribution < -0.4 is 29.6 Å². The Labute approximate surface area is 347 Å². The molecule has 1 saturated heterocycles. The molecule has 15 nitrogen and oxygen atoms in total. The molecule has 0 spiro atoms. The number of nitrogens with zero attached hydrogens (tertiary/aromatic N) is 2. The van der Waals surface area contributed by atoms with Crippen LogP contribution in [0, 0.1) is 17.8 Å². The SMILES string of the molecule is CCOc1ccc2c(O[C@@H]3C[C@H]4C(=O)N[C@]5(C(=O)NS(=O)(=O)C6(C)CC6)C[C@H]5/C=C\CC[C@@H](C)C[C@@H](C)[C@H](NC(=O)OC(C)(C)C(F)(F)F)C(=O)N4C3)ncc(OC)c2c1. The third-order valence-corrected chi connectivity index (χ3v) is 14.3. The molecule has 3 heterocycles. The molecule has 2 aliphatic heterocycles. The van der Waals surface area contributed by atoms with Crippen molar-refractivity contribution in [3.05, 3.63) is 36.5 Å². The third kappa shape index (κ3) is 9.10. The summed E-state index contributed by atoms with van der Waals surface area (Å²) in [5.74, 6) is -2.60. The van der Waals surface area contributed by atoms with Gasteiger partial charge in [-0.3, -0.25) is 19.1 Å². The smallest absolute Gasteiger partial charge is 0.427 e. The third-order valence-electron chi connectivity index (χ3n) is 12.1. The fraction of sp³-hybridized carbons (Fsp3) is 0.634. The number of carbonyl (C=O) groups is 4. The van der Waals surface area contributed by atoms with Crippen molar-refractivity contribution in [3.63, 3.8) is 0 Å². The molecule has 2 aliphatic carbocycles. The summed E-state index contributed by atoms with van der Waals surface area (Å²) in [4.78, 5) is 62.1. The lowest BCUT2D eigenvalue weighted by atomic mass is 9.88. The van der Waals surface area contributed by atoms with Gasteiger partial charge in [-0.1, -0.05) is 26.0 Å². The van der Waals surface area contributed by atoms with Crippen molar-refractivity contribution in [2.75, 3.05) is 20.3 Å². The number of carbonyl (C=O) groups excluding carboxylic acids is 4. The lowest BCUT2D eigenvalue weighted by molar-refractivity contribution is -0.244. The number of hydrogen-bond acceptors (Lipinski definition) is 11. The average Bonchev–Trinajstić information content (AvgIpc) is 4.04. The van der Waals surface area contributed by atoms with Crippen molar-refractivity contribution in [2.45, 2.75) is 127 Å². The number of alkyl carbamates (subject to hydrolysis) is 1. The molecule has 3 fully saturated rings. The predicted molar refractivity (Wildman–Crippen MR) is 213 cm³/mol. The van der Waals surface area contributed by atoms with Crippen LogP contribution in [0.5, 0.6) is 17.4 Å². The highest BCUT2D eigenvalue weighted by atomic mass is 32.2. The highest BCUT2D eigenvalue weighted by Gasteiger charge is 2.63. The zero-order chi connectivity index (χ0) is 44.0. The maximum Gasteiger partial charge on any atom is 0.427 e. The Morgan fingerprint density at radius 2 is 1.82 bits per heavy atom. The van der Waals surface area contributed by atoms with Crippen LogP contribution >= 0.6 is 0 Å². The van der Waals surface area contributed by atoms with Crippen LogP contribution in [-0.2, 0) is 29.1 Å². The van der Waals surface area contributed by atoms with Gasteiger partial charge in [-0.05, 0) is 96.3 Å². The molecule has 4 amide bonds. The lowest BCUT2D eigenvalue weighted by Crippen LogP contribution is -2.59. The summed E-state index contributed by atoms with van der Waals surface area (Å²) in [5.41, 5.74) is -4.55. The minimum atomic E-state index is -4.92. The second-order valence-electron chi connectivity index (χ2n) is 17.3. The van der Waals surface area contributed by atoms with Crippen molar-refractivity contribution < 1.29 is 59.7 Å². The van der Waals surface area contributed by atoms with E-state index >= 15 is 0 Å². The second kappa shape index (κ2) is 16.6. The summed E-state index contributed by atoms with van der Waals surface area (Å²) < 4.78 is 91.3. The van der Waals surface area contributed by atoms with Gasteiger partial charge in [0.1, 0.15) is 35.2 Å². The largest absolute Gasteiger partial charge is 0.494 e. The molecule has 1 aromatic carbocycles. The van der Waals surface area contributed by atoms with Gasteiger partial charge in [0.05, 0.1) is 31.2 Å². The molecule has 1 aromatic heterocycles. The molecule has 19 heteroatoms. The predicted octanol–water partition coefficient (Wildman–Crippen LogP) is 5.31. The van der Waals surface area contributed by atoms with Gasteiger partial charge in [-0.25, -0.2) is 18.2 Å². The first-order chi connectivity index (χ1) is 28.0. The number of sulfonamides is 1. The lowest BCUT2D eigenvalue weighted by Gasteiger charge is -2.34. The summed E-state index contributed by atoms with van der Waals surface area (Å²) in [7, 11) is -2.61. The van der Waals surface area contributed by atoms with E-state index in [0.29, 0.717) is 74.8 Å². The zero-order valence-electron chi connectivity index (χ0n) is 34.8. The molecule has 7 atom stereocenters. The highest BCUT2D eigenvalue weighted by Crippen LogP contribution is 2.48. The fourth-order valence-corrected chi connectivity index (χ4v) is 9.20. The van der Waals surface area contributed by atoms with Crippen LogP contribution in [0.3, 0.4) is 0 Å². The number of aromatic nitrogens is 1. The summed E-state index contributed by atoms with van der Waals surface area (Å²) in [6, 6.07) is 2.42. The highest BCUT2D eigenvalue weighted by molar-refractivity contribution is 7.91. The topological polar surface area (TPSA) is 192 Å². The molecule has 0 bridgehead atoms. The summed E-state index contributed by atoms with van der Waals surface area (Å²) in [6.07, 6.45) is -0.00767. The molecule has 0 radical (unpaired) electrons. The van der Waals surface area contributed by atoms with E-state index in [9.17, 15) is 40.8 Å². The maximum absolute atomic E-state index is 14.8. The minimum absolute atomic E-state index is 0.0471. The normalized spacial score (nSPS) is 28.8. The summed E-state index contributed by atoms with van der Waals surface area (Å²) in [6.45, 7) is 8.55. The molecule has 6 rings (SSSR count). The molecule has 330 valence electrons. The molecule has 3 N–H and O–H groups in total. The van der Waals surface area contributed by atoms with E-state index in [2.05, 4.69) is 20.3 Å². The monoisotopic (exact) mass is 865 g/mol. The van der Waals surface area contributed by atoms with E-state index in [1.165, 1.54) is 25.1 Å². The standard InChI is InChI=1S/C41H54F3N5O10S/c1-8-57-26-13-14-28-29(18-26)31(56-7)21-45-34(28)58-27-19-30-33(50)47-40(36(52)48-60(54,55)39(6)15-16-39)20-25(40)12-10-9-11-23(2)17-24(3)32(35(51)49(30)22-27)46-37(53)59-38(4,5)41(42,43)44/h10,12-14,18,21,23-25,27,30,32H,8-9,11,15-17,19-20,22H2,1-7H3,(H,46,53)(H,47,50)(H,48,52)/b12-10-/t23-,24-,25-,27-,30+,32+,40-/m1/s1. The number of methoxy groups -OCH3 is 1. The van der Waals surface area contributed by atoms with E-state index in [1.807, 2.05) is 19.9 Å². The number of alkyl halides is 3. The first-order valence-electron chi connectivity index (χ1n) is 20.2. The Balaban J connectivity index is 1.36. The van der Waals surface area contributed by atoms with Crippen LogP contribution in [0.4, 0.5) is 18.0 Å². The Bertz CT molecular complexity index is 2150. The van der Waals surface area contributed by atoms with Crippen molar-refractivity contribution in [1.82, 2.24) is 25.2 Å².